The Bertz CT molecular complexity index is 1140. The number of halogens is 4. The highest BCUT2D eigenvalue weighted by Crippen LogP contribution is 2.59. The van der Waals surface area contributed by atoms with Crippen molar-refractivity contribution in [3.05, 3.63) is 65.4 Å². The molecule has 1 aliphatic carbocycles. The van der Waals surface area contributed by atoms with Crippen molar-refractivity contribution < 1.29 is 27.3 Å². The highest BCUT2D eigenvalue weighted by Gasteiger charge is 2.62. The first-order valence-corrected chi connectivity index (χ1v) is 11.4. The molecule has 33 heavy (non-hydrogen) atoms. The zero-order valence-electron chi connectivity index (χ0n) is 17.0. The number of rotatable bonds is 8. The number of nitrogens with one attached hydrogen (secondary N) is 1. The van der Waals surface area contributed by atoms with Crippen molar-refractivity contribution in [2.75, 3.05) is 6.61 Å². The molecule has 3 aromatic rings. The minimum atomic E-state index is -4.22. The molecule has 2 heterocycles. The topological polar surface area (TPSA) is 92.1 Å². The lowest BCUT2D eigenvalue weighted by Crippen LogP contribution is -2.31. The van der Waals surface area contributed by atoms with E-state index < -0.39 is 28.9 Å². The summed E-state index contributed by atoms with van der Waals surface area (Å²) >= 11 is 4.38. The molecule has 1 fully saturated rings. The van der Waals surface area contributed by atoms with Gasteiger partial charge in [0, 0.05) is 12.3 Å². The Balaban J connectivity index is 1.37. The number of pyridine rings is 1. The van der Waals surface area contributed by atoms with E-state index in [2.05, 4.69) is 14.8 Å². The van der Waals surface area contributed by atoms with Crippen molar-refractivity contribution in [2.24, 2.45) is 5.41 Å². The molecule has 174 valence electrons. The lowest BCUT2D eigenvalue weighted by atomic mass is 10.0. The third kappa shape index (κ3) is 5.26. The van der Waals surface area contributed by atoms with E-state index in [0.717, 1.165) is 0 Å². The Labute approximate surface area is 195 Å². The Morgan fingerprint density at radius 2 is 1.94 bits per heavy atom. The van der Waals surface area contributed by atoms with Crippen LogP contribution in [0, 0.1) is 5.41 Å². The van der Waals surface area contributed by atoms with Crippen LogP contribution in [0.2, 0.25) is 5.15 Å². The Kier molecular flexibility index (Phi) is 6.55. The van der Waals surface area contributed by atoms with E-state index >= 15 is 0 Å². The van der Waals surface area contributed by atoms with Crippen molar-refractivity contribution in [1.29, 1.82) is 0 Å². The second kappa shape index (κ2) is 9.24. The lowest BCUT2D eigenvalue weighted by molar-refractivity contribution is -0.190. The van der Waals surface area contributed by atoms with Gasteiger partial charge in [-0.3, -0.25) is 4.79 Å². The number of nitrogens with zero attached hydrogens (tertiary/aromatic N) is 3. The Hall–Kier alpha value is -2.76. The zero-order chi connectivity index (χ0) is 23.6. The number of amides is 1. The molecule has 1 aromatic carbocycles. The number of benzene rings is 1. The summed E-state index contributed by atoms with van der Waals surface area (Å²) in [6.45, 7) is -0.109. The van der Waals surface area contributed by atoms with E-state index in [9.17, 15) is 22.5 Å². The standard InChI is InChI=1S/C21H18ClF3N4O3S/c22-18-15(19(30)28-33(31)14-4-2-1-3-5-14)6-7-16(26-18)29-12-8-17(27-29)32-13-11-20(9-10-20)21(23,24)25/h1-8,12H,9-11,13H2,(H,28,30). The minimum Gasteiger partial charge on any atom is -0.588 e. The average molecular weight is 499 g/mol. The molecule has 0 radical (unpaired) electrons. The number of alkyl halides is 3. The van der Waals surface area contributed by atoms with Crippen LogP contribution in [0.1, 0.15) is 29.6 Å². The minimum absolute atomic E-state index is 0.0233. The third-order valence-corrected chi connectivity index (χ3v) is 6.67. The second-order valence-corrected chi connectivity index (χ2v) is 9.07. The summed E-state index contributed by atoms with van der Waals surface area (Å²) in [6.07, 6.45) is -2.60. The maximum atomic E-state index is 13.0. The molecule has 1 saturated carbocycles. The first kappa shape index (κ1) is 23.4. The number of aromatic nitrogens is 3. The fourth-order valence-corrected chi connectivity index (χ4v) is 4.19. The van der Waals surface area contributed by atoms with E-state index in [1.165, 1.54) is 29.1 Å². The Morgan fingerprint density at radius 3 is 2.58 bits per heavy atom. The molecule has 2 aromatic heterocycles. The fourth-order valence-electron chi connectivity index (χ4n) is 3.15. The van der Waals surface area contributed by atoms with Gasteiger partial charge >= 0.3 is 6.18 Å². The van der Waals surface area contributed by atoms with Gasteiger partial charge in [0.1, 0.15) is 16.5 Å². The summed E-state index contributed by atoms with van der Waals surface area (Å²) in [5.41, 5.74) is -1.61. The number of ether oxygens (including phenoxy) is 1. The lowest BCUT2D eigenvalue weighted by Gasteiger charge is -2.18. The van der Waals surface area contributed by atoms with Crippen LogP contribution in [0.3, 0.4) is 0 Å². The molecule has 0 saturated heterocycles. The summed E-state index contributed by atoms with van der Waals surface area (Å²) in [5.74, 6) is -0.250. The molecule has 0 spiro atoms. The molecule has 1 atom stereocenters. The quantitative estimate of drug-likeness (QED) is 0.365. The SMILES string of the molecule is O=C(N[S+]([O-])c1ccccc1)c1ccc(-n2ccc(OCCC3(C(F)(F)F)CC3)n2)nc1Cl. The van der Waals surface area contributed by atoms with Crippen molar-refractivity contribution in [3.8, 4) is 11.7 Å². The van der Waals surface area contributed by atoms with E-state index in [4.69, 9.17) is 16.3 Å². The van der Waals surface area contributed by atoms with Crippen LogP contribution in [-0.4, -0.2) is 38.0 Å². The zero-order valence-corrected chi connectivity index (χ0v) is 18.6. The first-order chi connectivity index (χ1) is 15.7. The highest BCUT2D eigenvalue weighted by molar-refractivity contribution is 7.90. The molecule has 4 rings (SSSR count). The summed E-state index contributed by atoms with van der Waals surface area (Å²) in [5, 5.41) is 4.00. The second-order valence-electron chi connectivity index (χ2n) is 7.50. The predicted octanol–water partition coefficient (Wildman–Crippen LogP) is 4.48. The van der Waals surface area contributed by atoms with Gasteiger partial charge in [-0.15, -0.1) is 5.10 Å². The van der Waals surface area contributed by atoms with Gasteiger partial charge in [0.05, 0.1) is 17.6 Å². The van der Waals surface area contributed by atoms with Crippen LogP contribution in [0.5, 0.6) is 5.88 Å². The van der Waals surface area contributed by atoms with Crippen LogP contribution in [0.15, 0.2) is 59.6 Å². The molecular weight excluding hydrogens is 481 g/mol. The molecule has 1 N–H and O–H groups in total. The largest absolute Gasteiger partial charge is 0.588 e. The molecule has 0 aliphatic heterocycles. The van der Waals surface area contributed by atoms with Gasteiger partial charge in [-0.1, -0.05) is 29.8 Å². The van der Waals surface area contributed by atoms with Gasteiger partial charge < -0.3 is 9.29 Å². The van der Waals surface area contributed by atoms with Crippen LogP contribution in [0.25, 0.3) is 5.82 Å². The maximum absolute atomic E-state index is 13.0. The molecule has 1 unspecified atom stereocenters. The van der Waals surface area contributed by atoms with Crippen LogP contribution >= 0.6 is 11.6 Å². The Morgan fingerprint density at radius 1 is 1.21 bits per heavy atom. The molecule has 0 bridgehead atoms. The van der Waals surface area contributed by atoms with Gasteiger partial charge in [0.25, 0.3) is 5.91 Å². The fraction of sp³-hybridized carbons (Fsp3) is 0.286. The van der Waals surface area contributed by atoms with Crippen molar-refractivity contribution in [3.63, 3.8) is 0 Å². The molecule has 12 heteroatoms. The average Bonchev–Trinajstić information content (AvgIpc) is 3.44. The van der Waals surface area contributed by atoms with E-state index in [1.54, 1.807) is 30.3 Å². The highest BCUT2D eigenvalue weighted by atomic mass is 35.5. The first-order valence-electron chi connectivity index (χ1n) is 9.88. The van der Waals surface area contributed by atoms with Crippen molar-refractivity contribution in [2.45, 2.75) is 30.3 Å². The molecule has 1 amide bonds. The van der Waals surface area contributed by atoms with E-state index in [1.807, 2.05) is 0 Å². The van der Waals surface area contributed by atoms with Crippen LogP contribution < -0.4 is 9.46 Å². The number of hydrogen-bond donors (Lipinski definition) is 1. The molecular formula is C21H18ClF3N4O3S. The normalized spacial score (nSPS) is 15.7. The maximum Gasteiger partial charge on any atom is 0.394 e. The number of hydrogen-bond acceptors (Lipinski definition) is 5. The van der Waals surface area contributed by atoms with Crippen LogP contribution in [-0.2, 0) is 11.4 Å². The summed E-state index contributed by atoms with van der Waals surface area (Å²) in [7, 11) is 0. The van der Waals surface area contributed by atoms with Gasteiger partial charge in [0.2, 0.25) is 5.88 Å². The summed E-state index contributed by atoms with van der Waals surface area (Å²) < 4.78 is 60.3. The number of carbonyl (C=O) groups is 1. The monoisotopic (exact) mass is 498 g/mol. The van der Waals surface area contributed by atoms with Crippen molar-refractivity contribution >= 4 is 28.9 Å². The molecule has 1 aliphatic rings. The van der Waals surface area contributed by atoms with Crippen molar-refractivity contribution in [1.82, 2.24) is 19.5 Å². The smallest absolute Gasteiger partial charge is 0.394 e. The van der Waals surface area contributed by atoms with Gasteiger partial charge in [-0.25, -0.2) is 9.67 Å². The summed E-state index contributed by atoms with van der Waals surface area (Å²) in [6, 6.07) is 12.8. The summed E-state index contributed by atoms with van der Waals surface area (Å²) in [4.78, 5) is 17.0. The molecule has 7 nitrogen and oxygen atoms in total. The van der Waals surface area contributed by atoms with E-state index in [0.29, 0.717) is 4.90 Å². The van der Waals surface area contributed by atoms with Gasteiger partial charge in [-0.05, 0) is 43.5 Å². The van der Waals surface area contributed by atoms with Crippen LogP contribution in [0.4, 0.5) is 13.2 Å². The van der Waals surface area contributed by atoms with E-state index in [-0.39, 0.29) is 48.3 Å². The third-order valence-electron chi connectivity index (χ3n) is 5.31. The van der Waals surface area contributed by atoms with Gasteiger partial charge in [-0.2, -0.15) is 17.9 Å². The predicted molar refractivity (Wildman–Crippen MR) is 115 cm³/mol. The van der Waals surface area contributed by atoms with Gasteiger partial charge in [0.15, 0.2) is 10.7 Å². The number of carbonyl (C=O) groups excluding carboxylic acids is 1.